The van der Waals surface area contributed by atoms with Crippen molar-refractivity contribution in [1.82, 2.24) is 5.32 Å². The number of hydrogen-bond acceptors (Lipinski definition) is 5. The van der Waals surface area contributed by atoms with Gasteiger partial charge in [-0.05, 0) is 38.8 Å². The van der Waals surface area contributed by atoms with Gasteiger partial charge in [-0.3, -0.25) is 0 Å². The Morgan fingerprint density at radius 3 is 2.37 bits per heavy atom. The molecule has 8 heteroatoms. The van der Waals surface area contributed by atoms with E-state index in [2.05, 4.69) is 10.5 Å². The molecule has 1 amide bonds. The zero-order valence-electron chi connectivity index (χ0n) is 17.2. The van der Waals surface area contributed by atoms with Gasteiger partial charge >= 0.3 is 12.1 Å². The van der Waals surface area contributed by atoms with Crippen LogP contribution in [0.5, 0.6) is 0 Å². The van der Waals surface area contributed by atoms with E-state index in [0.29, 0.717) is 11.1 Å². The molecule has 0 heterocycles. The molecule has 3 N–H and O–H groups in total. The number of carbonyl (C=O) groups is 2. The summed E-state index contributed by atoms with van der Waals surface area (Å²) in [7, 11) is 0. The van der Waals surface area contributed by atoms with Crippen LogP contribution in [0.3, 0.4) is 0 Å². The minimum absolute atomic E-state index is 0.0368. The molecule has 1 atom stereocenters. The van der Waals surface area contributed by atoms with Crippen LogP contribution in [0.25, 0.3) is 0 Å². The van der Waals surface area contributed by atoms with E-state index in [9.17, 15) is 14.0 Å². The molecule has 0 bridgehead atoms. The number of halogens is 1. The number of nitrogens with one attached hydrogen (secondary N) is 1. The van der Waals surface area contributed by atoms with Crippen LogP contribution in [0.1, 0.15) is 38.3 Å². The molecular formula is C22H26FN3O4. The van der Waals surface area contributed by atoms with Crippen molar-refractivity contribution in [3.63, 3.8) is 0 Å². The Labute approximate surface area is 175 Å². The van der Waals surface area contributed by atoms with Gasteiger partial charge in [0.15, 0.2) is 5.84 Å². The van der Waals surface area contributed by atoms with Crippen molar-refractivity contribution in [2.24, 2.45) is 10.9 Å². The Morgan fingerprint density at radius 1 is 1.10 bits per heavy atom. The second-order valence-electron chi connectivity index (χ2n) is 7.65. The van der Waals surface area contributed by atoms with E-state index < -0.39 is 29.5 Å². The number of amides is 1. The standard InChI is InChI=1S/C22H26FN3O4/c1-22(2,3)29-21(28)25-17(13-16-11-7-8-12-18(16)23)14-19(27)30-26-20(24)15-9-5-4-6-10-15/h4-12,17H,13-14H2,1-3H3,(H2,24,26)(H,25,28)/t17-/m1/s1. The lowest BCUT2D eigenvalue weighted by Crippen LogP contribution is -2.41. The SMILES string of the molecule is CC(C)(C)OC(=O)N[C@@H](CC(=O)O/N=C(\N)c1ccccc1)Cc1ccccc1F. The lowest BCUT2D eigenvalue weighted by atomic mass is 10.0. The van der Waals surface area contributed by atoms with Crippen molar-refractivity contribution >= 4 is 17.9 Å². The maximum absolute atomic E-state index is 14.0. The van der Waals surface area contributed by atoms with E-state index in [1.54, 1.807) is 63.2 Å². The van der Waals surface area contributed by atoms with Crippen LogP contribution < -0.4 is 11.1 Å². The Kier molecular flexibility index (Phi) is 7.91. The van der Waals surface area contributed by atoms with Crippen LogP contribution in [-0.4, -0.2) is 29.5 Å². The highest BCUT2D eigenvalue weighted by Gasteiger charge is 2.23. The minimum atomic E-state index is -0.766. The highest BCUT2D eigenvalue weighted by atomic mass is 19.1. The molecule has 0 spiro atoms. The third kappa shape index (κ3) is 7.90. The molecule has 2 aromatic rings. The molecule has 0 aliphatic carbocycles. The van der Waals surface area contributed by atoms with Crippen molar-refractivity contribution in [2.75, 3.05) is 0 Å². The van der Waals surface area contributed by atoms with Crippen LogP contribution in [0.4, 0.5) is 9.18 Å². The molecule has 0 unspecified atom stereocenters. The summed E-state index contributed by atoms with van der Waals surface area (Å²) >= 11 is 0. The first-order valence-electron chi connectivity index (χ1n) is 9.45. The summed E-state index contributed by atoms with van der Waals surface area (Å²) in [6.45, 7) is 5.15. The zero-order chi connectivity index (χ0) is 22.1. The molecule has 0 aliphatic heterocycles. The second-order valence-corrected chi connectivity index (χ2v) is 7.65. The van der Waals surface area contributed by atoms with Crippen molar-refractivity contribution in [3.8, 4) is 0 Å². The van der Waals surface area contributed by atoms with E-state index in [0.717, 1.165) is 0 Å². The van der Waals surface area contributed by atoms with E-state index >= 15 is 0 Å². The van der Waals surface area contributed by atoms with Crippen LogP contribution >= 0.6 is 0 Å². The summed E-state index contributed by atoms with van der Waals surface area (Å²) in [5, 5.41) is 6.23. The number of hydrogen-bond donors (Lipinski definition) is 2. The highest BCUT2D eigenvalue weighted by Crippen LogP contribution is 2.13. The normalized spacial score (nSPS) is 12.7. The zero-order valence-corrected chi connectivity index (χ0v) is 17.2. The topological polar surface area (TPSA) is 103 Å². The number of nitrogens with zero attached hydrogens (tertiary/aromatic N) is 1. The summed E-state index contributed by atoms with van der Waals surface area (Å²) in [5.74, 6) is -1.13. The Morgan fingerprint density at radius 2 is 1.73 bits per heavy atom. The number of oxime groups is 1. The lowest BCUT2D eigenvalue weighted by molar-refractivity contribution is -0.144. The first-order valence-corrected chi connectivity index (χ1v) is 9.45. The van der Waals surface area contributed by atoms with E-state index in [-0.39, 0.29) is 18.7 Å². The molecule has 0 aromatic heterocycles. The quantitative estimate of drug-likeness (QED) is 0.312. The predicted octanol–water partition coefficient (Wildman–Crippen LogP) is 3.52. The first kappa shape index (κ1) is 22.9. The van der Waals surface area contributed by atoms with Gasteiger partial charge < -0.3 is 20.6 Å². The minimum Gasteiger partial charge on any atom is -0.444 e. The second kappa shape index (κ2) is 10.4. The molecule has 0 radical (unpaired) electrons. The predicted molar refractivity (Wildman–Crippen MR) is 111 cm³/mol. The lowest BCUT2D eigenvalue weighted by Gasteiger charge is -2.23. The Balaban J connectivity index is 2.06. The van der Waals surface area contributed by atoms with Gasteiger partial charge in [0.05, 0.1) is 6.42 Å². The van der Waals surface area contributed by atoms with Gasteiger partial charge in [-0.25, -0.2) is 14.0 Å². The van der Waals surface area contributed by atoms with Gasteiger partial charge in [-0.15, -0.1) is 0 Å². The van der Waals surface area contributed by atoms with Gasteiger partial charge in [0.1, 0.15) is 11.4 Å². The maximum Gasteiger partial charge on any atom is 0.407 e. The summed E-state index contributed by atoms with van der Waals surface area (Å²) < 4.78 is 19.3. The largest absolute Gasteiger partial charge is 0.444 e. The molecule has 0 saturated carbocycles. The third-order valence-electron chi connectivity index (χ3n) is 3.87. The molecule has 0 saturated heterocycles. The molecular weight excluding hydrogens is 389 g/mol. The number of amidine groups is 1. The van der Waals surface area contributed by atoms with Crippen molar-refractivity contribution in [3.05, 3.63) is 71.5 Å². The molecule has 30 heavy (non-hydrogen) atoms. The smallest absolute Gasteiger partial charge is 0.407 e. The summed E-state index contributed by atoms with van der Waals surface area (Å²) in [5.41, 5.74) is 6.02. The van der Waals surface area contributed by atoms with E-state index in [1.165, 1.54) is 6.07 Å². The highest BCUT2D eigenvalue weighted by molar-refractivity contribution is 5.97. The van der Waals surface area contributed by atoms with Crippen LogP contribution in [-0.2, 0) is 20.8 Å². The summed E-state index contributed by atoms with van der Waals surface area (Å²) in [4.78, 5) is 29.3. The summed E-state index contributed by atoms with van der Waals surface area (Å²) in [6.07, 6.45) is -0.901. The molecule has 2 rings (SSSR count). The average Bonchev–Trinajstić information content (AvgIpc) is 2.67. The fourth-order valence-electron chi connectivity index (χ4n) is 2.58. The van der Waals surface area contributed by atoms with Gasteiger partial charge in [-0.2, -0.15) is 0 Å². The first-order chi connectivity index (χ1) is 14.1. The number of rotatable bonds is 7. The molecule has 2 aromatic carbocycles. The molecule has 0 aliphatic rings. The number of benzene rings is 2. The van der Waals surface area contributed by atoms with Crippen LogP contribution in [0.2, 0.25) is 0 Å². The molecule has 160 valence electrons. The van der Waals surface area contributed by atoms with Crippen molar-refractivity contribution in [1.29, 1.82) is 0 Å². The van der Waals surface area contributed by atoms with Crippen molar-refractivity contribution in [2.45, 2.75) is 45.3 Å². The van der Waals surface area contributed by atoms with Crippen molar-refractivity contribution < 1.29 is 23.6 Å². The Bertz CT molecular complexity index is 895. The fraction of sp³-hybridized carbons (Fsp3) is 0.318. The van der Waals surface area contributed by atoms with Crippen LogP contribution in [0.15, 0.2) is 59.8 Å². The van der Waals surface area contributed by atoms with E-state index in [4.69, 9.17) is 15.3 Å². The van der Waals surface area contributed by atoms with Gasteiger partial charge in [0.25, 0.3) is 0 Å². The fourth-order valence-corrected chi connectivity index (χ4v) is 2.58. The molecule has 0 fully saturated rings. The number of alkyl carbamates (subject to hydrolysis) is 1. The maximum atomic E-state index is 14.0. The van der Waals surface area contributed by atoms with E-state index in [1.807, 2.05) is 6.07 Å². The molecule has 7 nitrogen and oxygen atoms in total. The van der Waals surface area contributed by atoms with Gasteiger partial charge in [0.2, 0.25) is 0 Å². The summed E-state index contributed by atoms with van der Waals surface area (Å²) in [6, 6.07) is 14.2. The monoisotopic (exact) mass is 415 g/mol. The van der Waals surface area contributed by atoms with Gasteiger partial charge in [0, 0.05) is 11.6 Å². The number of carbonyl (C=O) groups excluding carboxylic acids is 2. The number of ether oxygens (including phenoxy) is 1. The van der Waals surface area contributed by atoms with Gasteiger partial charge in [-0.1, -0.05) is 53.7 Å². The Hall–Kier alpha value is -3.42. The van der Waals surface area contributed by atoms with Crippen LogP contribution in [0, 0.1) is 5.82 Å². The third-order valence-corrected chi connectivity index (χ3v) is 3.87. The average molecular weight is 415 g/mol. The number of nitrogens with two attached hydrogens (primary N) is 1.